The minimum atomic E-state index is -1.23. The molecule has 5 amide bonds. The number of urea groups is 1. The number of fused-ring (bicyclic) bond motifs is 1. The lowest BCUT2D eigenvalue weighted by Gasteiger charge is -2.27. The molecule has 1 aliphatic rings. The zero-order chi connectivity index (χ0) is 32.0. The summed E-state index contributed by atoms with van der Waals surface area (Å²) < 4.78 is 11.5. The highest BCUT2D eigenvalue weighted by Gasteiger charge is 2.60. The van der Waals surface area contributed by atoms with Crippen LogP contribution in [-0.2, 0) is 11.8 Å². The maximum Gasteiger partial charge on any atom is 0.558 e. The minimum Gasteiger partial charge on any atom is -0.454 e. The van der Waals surface area contributed by atoms with Gasteiger partial charge < -0.3 is 14.5 Å². The number of ether oxygens (including phenoxy) is 1. The number of furan rings is 1. The number of quaternary nitrogens is 1. The first-order valence-corrected chi connectivity index (χ1v) is 14.6. The third kappa shape index (κ3) is 5.97. The number of para-hydroxylation sites is 2. The van der Waals surface area contributed by atoms with Crippen LogP contribution in [0.2, 0.25) is 0 Å². The number of rotatable bonds is 9. The van der Waals surface area contributed by atoms with Crippen molar-refractivity contribution in [2.75, 3.05) is 23.4 Å². The average Bonchev–Trinajstić information content (AvgIpc) is 3.78. The Balaban J connectivity index is 1.51. The van der Waals surface area contributed by atoms with Crippen LogP contribution < -0.4 is 20.1 Å². The first-order valence-electron chi connectivity index (χ1n) is 14.6. The number of imide groups is 1. The van der Waals surface area contributed by atoms with Gasteiger partial charge in [0.05, 0.1) is 24.1 Å². The molecule has 2 aromatic carbocycles. The van der Waals surface area contributed by atoms with Gasteiger partial charge in [0, 0.05) is 36.1 Å². The van der Waals surface area contributed by atoms with Crippen molar-refractivity contribution in [1.29, 1.82) is 0 Å². The van der Waals surface area contributed by atoms with Gasteiger partial charge in [0.25, 0.3) is 11.8 Å². The van der Waals surface area contributed by atoms with Gasteiger partial charge in [0.1, 0.15) is 5.69 Å². The highest BCUT2D eigenvalue weighted by molar-refractivity contribution is 6.23. The number of amides is 5. The van der Waals surface area contributed by atoms with Gasteiger partial charge in [0.2, 0.25) is 17.3 Å². The molecule has 1 aliphatic heterocycles. The number of carbonyl (C=O) groups is 4. The molecule has 0 radical (unpaired) electrons. The van der Waals surface area contributed by atoms with E-state index in [2.05, 4.69) is 20.8 Å². The summed E-state index contributed by atoms with van der Waals surface area (Å²) in [6.45, 7) is 4.12. The molecule has 0 aliphatic carbocycles. The number of aryl methyl sites for hydroxylation is 1. The lowest BCUT2D eigenvalue weighted by atomic mass is 10.1. The zero-order valence-corrected chi connectivity index (χ0v) is 25.2. The molecule has 1 atom stereocenters. The quantitative estimate of drug-likeness (QED) is 0.183. The Morgan fingerprint density at radius 3 is 2.40 bits per heavy atom. The molecule has 232 valence electrons. The predicted molar refractivity (Wildman–Crippen MR) is 168 cm³/mol. The van der Waals surface area contributed by atoms with Crippen molar-refractivity contribution in [3.8, 4) is 0 Å². The van der Waals surface area contributed by atoms with Gasteiger partial charge in [-0.1, -0.05) is 50.1 Å². The van der Waals surface area contributed by atoms with E-state index in [4.69, 9.17) is 9.15 Å². The largest absolute Gasteiger partial charge is 0.558 e. The van der Waals surface area contributed by atoms with Gasteiger partial charge in [-0.25, -0.2) is 4.79 Å². The monoisotopic (exact) mass is 612 g/mol. The number of aromatic nitrogens is 2. The van der Waals surface area contributed by atoms with Crippen LogP contribution in [0.25, 0.3) is 0 Å². The molecule has 2 aromatic heterocycles. The van der Waals surface area contributed by atoms with E-state index in [1.165, 1.54) is 34.2 Å². The van der Waals surface area contributed by atoms with Crippen molar-refractivity contribution in [2.45, 2.75) is 33.1 Å². The first kappa shape index (κ1) is 30.9. The molecule has 0 saturated heterocycles. The van der Waals surface area contributed by atoms with Crippen molar-refractivity contribution < 1.29 is 28.3 Å². The van der Waals surface area contributed by atoms with Crippen LogP contribution in [0.1, 0.15) is 59.7 Å². The number of nitrogens with one attached hydrogen (secondary N) is 2. The van der Waals surface area contributed by atoms with Gasteiger partial charge in [-0.15, -0.1) is 0 Å². The molecule has 0 fully saturated rings. The van der Waals surface area contributed by atoms with Crippen LogP contribution in [-0.4, -0.2) is 52.7 Å². The van der Waals surface area contributed by atoms with Crippen LogP contribution in [0.5, 0.6) is 0 Å². The van der Waals surface area contributed by atoms with E-state index in [0.29, 0.717) is 17.8 Å². The number of benzene rings is 2. The summed E-state index contributed by atoms with van der Waals surface area (Å²) in [6.07, 6.45) is 4.24. The zero-order valence-electron chi connectivity index (χ0n) is 25.2. The van der Waals surface area contributed by atoms with Gasteiger partial charge in [-0.05, 0) is 48.8 Å². The highest BCUT2D eigenvalue weighted by atomic mass is 16.6. The maximum absolute atomic E-state index is 14.4. The smallest absolute Gasteiger partial charge is 0.454 e. The number of hydrogen-bond acceptors (Lipinski definition) is 8. The molecular weight excluding hydrogens is 578 g/mol. The third-order valence-electron chi connectivity index (χ3n) is 7.29. The SMILES string of the molecule is CCCCCOC(=O)[N+]1(C(=O)N(CC)c2ccccc2)N=C(NC(=O)c2ccccc2NC(=O)c2ccnn2C)c2occc21. The summed E-state index contributed by atoms with van der Waals surface area (Å²) in [4.78, 5) is 56.2. The van der Waals surface area contributed by atoms with E-state index < -0.39 is 28.5 Å². The van der Waals surface area contributed by atoms with Crippen molar-refractivity contribution in [2.24, 2.45) is 12.1 Å². The van der Waals surface area contributed by atoms with E-state index >= 15 is 0 Å². The molecule has 45 heavy (non-hydrogen) atoms. The number of unbranched alkanes of at least 4 members (excludes halogenated alkanes) is 2. The standard InChI is InChI=1S/C32H33N7O6/c1-4-6-12-20-45-32(43)39(31(42)38(5-2)22-13-8-7-9-14-22)26-18-21-44-27(26)28(36-39)35-29(40)23-15-10-11-16-24(23)34-30(41)25-17-19-33-37(25)3/h7-11,13-19,21H,4-6,12,20H2,1-3H3,(H-,34,35,36,40,41)/p+1. The van der Waals surface area contributed by atoms with Crippen molar-refractivity contribution in [3.05, 3.63) is 96.2 Å². The van der Waals surface area contributed by atoms with Crippen molar-refractivity contribution in [1.82, 2.24) is 19.7 Å². The van der Waals surface area contributed by atoms with Crippen LogP contribution in [0.4, 0.5) is 26.7 Å². The van der Waals surface area contributed by atoms with Crippen LogP contribution in [0.15, 0.2) is 88.7 Å². The summed E-state index contributed by atoms with van der Waals surface area (Å²) in [6, 6.07) is 17.6. The Labute approximate surface area is 259 Å². The molecule has 0 bridgehead atoms. The molecule has 3 heterocycles. The lowest BCUT2D eigenvalue weighted by molar-refractivity contribution is 0.0974. The van der Waals surface area contributed by atoms with E-state index in [1.54, 1.807) is 62.5 Å². The van der Waals surface area contributed by atoms with E-state index in [0.717, 1.165) is 12.8 Å². The van der Waals surface area contributed by atoms with Crippen molar-refractivity contribution in [3.63, 3.8) is 0 Å². The Bertz CT molecular complexity index is 1740. The third-order valence-corrected chi connectivity index (χ3v) is 7.29. The number of amidine groups is 1. The molecule has 2 N–H and O–H groups in total. The summed E-state index contributed by atoms with van der Waals surface area (Å²) in [5.41, 5.74) is 1.29. The Hall–Kier alpha value is -5.56. The second kappa shape index (κ2) is 13.4. The van der Waals surface area contributed by atoms with Crippen molar-refractivity contribution >= 4 is 46.8 Å². The molecule has 0 saturated carbocycles. The second-order valence-electron chi connectivity index (χ2n) is 10.2. The first-order chi connectivity index (χ1) is 21.8. The number of hydrogen-bond donors (Lipinski definition) is 2. The van der Waals surface area contributed by atoms with E-state index in [1.807, 2.05) is 13.0 Å². The molecule has 5 rings (SSSR count). The molecule has 1 unspecified atom stereocenters. The van der Waals surface area contributed by atoms with Gasteiger partial charge in [0.15, 0.2) is 0 Å². The Morgan fingerprint density at radius 2 is 1.69 bits per heavy atom. The molecule has 13 heteroatoms. The highest BCUT2D eigenvalue weighted by Crippen LogP contribution is 2.39. The van der Waals surface area contributed by atoms with Crippen LogP contribution in [0, 0.1) is 0 Å². The Morgan fingerprint density at radius 1 is 0.933 bits per heavy atom. The van der Waals surface area contributed by atoms with Crippen LogP contribution >= 0.6 is 0 Å². The summed E-state index contributed by atoms with van der Waals surface area (Å²) in [5.74, 6) is -1.23. The normalized spacial score (nSPS) is 15.1. The molecule has 4 aromatic rings. The summed E-state index contributed by atoms with van der Waals surface area (Å²) >= 11 is 0. The average molecular weight is 613 g/mol. The molecule has 0 spiro atoms. The summed E-state index contributed by atoms with van der Waals surface area (Å²) in [7, 11) is 1.63. The number of nitrogens with zero attached hydrogens (tertiary/aromatic N) is 5. The molecule has 13 nitrogen and oxygen atoms in total. The topological polar surface area (TPSA) is 148 Å². The van der Waals surface area contributed by atoms with Gasteiger partial charge in [-0.2, -0.15) is 9.89 Å². The van der Waals surface area contributed by atoms with E-state index in [9.17, 15) is 19.2 Å². The van der Waals surface area contributed by atoms with Gasteiger partial charge in [-0.3, -0.25) is 24.5 Å². The maximum atomic E-state index is 14.4. The molecular formula is C32H34N7O6+. The van der Waals surface area contributed by atoms with E-state index in [-0.39, 0.29) is 41.7 Å². The minimum absolute atomic E-state index is 0.0303. The number of carbonyl (C=O) groups excluding carboxylic acids is 4. The summed E-state index contributed by atoms with van der Waals surface area (Å²) in [5, 5.41) is 13.9. The second-order valence-corrected chi connectivity index (χ2v) is 10.2. The fraction of sp³-hybridized carbons (Fsp3) is 0.250. The fourth-order valence-corrected chi connectivity index (χ4v) is 4.99. The number of anilines is 2. The Kier molecular flexibility index (Phi) is 9.19. The fourth-order valence-electron chi connectivity index (χ4n) is 4.99. The van der Waals surface area contributed by atoms with Gasteiger partial charge >= 0.3 is 12.1 Å². The van der Waals surface area contributed by atoms with Crippen LogP contribution in [0.3, 0.4) is 0 Å². The predicted octanol–water partition coefficient (Wildman–Crippen LogP) is 5.65. The lowest BCUT2D eigenvalue weighted by Crippen LogP contribution is -2.59.